The fourth-order valence-corrected chi connectivity index (χ4v) is 3.01. The van der Waals surface area contributed by atoms with Crippen LogP contribution in [0.2, 0.25) is 0 Å². The Kier molecular flexibility index (Phi) is 8.69. The molecule has 13 heteroatoms. The van der Waals surface area contributed by atoms with Gasteiger partial charge in [0.05, 0.1) is 24.2 Å². The zero-order valence-corrected chi connectivity index (χ0v) is 18.5. The van der Waals surface area contributed by atoms with E-state index >= 15 is 0 Å². The predicted molar refractivity (Wildman–Crippen MR) is 108 cm³/mol. The van der Waals surface area contributed by atoms with Crippen LogP contribution in [0.25, 0.3) is 0 Å². The molecule has 0 unspecified atom stereocenters. The monoisotopic (exact) mass is 473 g/mol. The lowest BCUT2D eigenvalue weighted by atomic mass is 9.99. The van der Waals surface area contributed by atoms with Crippen molar-refractivity contribution in [1.29, 1.82) is 0 Å². The number of aliphatic hydroxyl groups excluding tert-OH is 3. The molecule has 5 atom stereocenters. The maximum atomic E-state index is 11.9. The fourth-order valence-electron chi connectivity index (χ4n) is 3.01. The summed E-state index contributed by atoms with van der Waals surface area (Å²) in [7, 11) is 1.11. The number of ether oxygens (including phenoxy) is 5. The lowest BCUT2D eigenvalue weighted by molar-refractivity contribution is -0.387. The Bertz CT molecular complexity index is 867. The van der Waals surface area contributed by atoms with Gasteiger partial charge in [-0.05, 0) is 32.9 Å². The molecule has 0 saturated carbocycles. The SMILES string of the molecule is COC(=O)c1ccc(O[C@@H]2O[C@H](CO)[C@H](O)[C@H](OCC(=O)OC(C)(C)C)[C@H]2O)c([N+](=O)[O-])c1. The van der Waals surface area contributed by atoms with Gasteiger partial charge in [0.15, 0.2) is 5.75 Å². The van der Waals surface area contributed by atoms with Crippen molar-refractivity contribution < 1.29 is 53.5 Å². The number of carbonyl (C=O) groups is 2. The van der Waals surface area contributed by atoms with E-state index in [1.54, 1.807) is 20.8 Å². The minimum atomic E-state index is -1.72. The summed E-state index contributed by atoms with van der Waals surface area (Å²) < 4.78 is 25.7. The number of esters is 2. The van der Waals surface area contributed by atoms with Crippen LogP contribution in [0.3, 0.4) is 0 Å². The largest absolute Gasteiger partial charge is 0.465 e. The molecular formula is C20H27NO12. The number of methoxy groups -OCH3 is 1. The van der Waals surface area contributed by atoms with Gasteiger partial charge in [-0.15, -0.1) is 0 Å². The zero-order valence-electron chi connectivity index (χ0n) is 18.5. The standard InChI is InChI=1S/C20H27NO12/c1-20(2,3)33-14(23)9-30-17-15(24)13(8-22)32-19(16(17)25)31-12-6-5-10(18(26)29-4)7-11(12)21(27)28/h5-7,13,15-17,19,22,24-25H,8-9H2,1-4H3/t13-,15+,16-,17+,19-/m1/s1. The minimum absolute atomic E-state index is 0.108. The van der Waals surface area contributed by atoms with Gasteiger partial charge in [0.25, 0.3) is 0 Å². The zero-order chi connectivity index (χ0) is 24.9. The Hall–Kier alpha value is -2.84. The molecule has 33 heavy (non-hydrogen) atoms. The van der Waals surface area contributed by atoms with Crippen LogP contribution in [-0.4, -0.2) is 88.8 Å². The van der Waals surface area contributed by atoms with Crippen molar-refractivity contribution in [2.45, 2.75) is 57.1 Å². The van der Waals surface area contributed by atoms with E-state index in [9.17, 15) is 35.0 Å². The summed E-state index contributed by atoms with van der Waals surface area (Å²) in [4.78, 5) is 34.2. The Morgan fingerprint density at radius 3 is 2.42 bits per heavy atom. The first kappa shape index (κ1) is 26.4. The molecule has 0 amide bonds. The van der Waals surface area contributed by atoms with Crippen molar-refractivity contribution in [3.63, 3.8) is 0 Å². The Morgan fingerprint density at radius 1 is 1.21 bits per heavy atom. The molecule has 1 aromatic carbocycles. The molecule has 1 aliphatic rings. The summed E-state index contributed by atoms with van der Waals surface area (Å²) in [6, 6.07) is 3.24. The van der Waals surface area contributed by atoms with Gasteiger partial charge in [0, 0.05) is 6.07 Å². The van der Waals surface area contributed by atoms with Gasteiger partial charge in [-0.25, -0.2) is 9.59 Å². The average Bonchev–Trinajstić information content (AvgIpc) is 2.73. The molecule has 2 rings (SSSR count). The lowest BCUT2D eigenvalue weighted by Crippen LogP contribution is -2.61. The van der Waals surface area contributed by atoms with E-state index < -0.39 is 72.1 Å². The van der Waals surface area contributed by atoms with Gasteiger partial charge in [0.2, 0.25) is 6.29 Å². The van der Waals surface area contributed by atoms with Crippen molar-refractivity contribution in [1.82, 2.24) is 0 Å². The summed E-state index contributed by atoms with van der Waals surface area (Å²) in [5, 5.41) is 41.9. The summed E-state index contributed by atoms with van der Waals surface area (Å²) >= 11 is 0. The molecule has 13 nitrogen and oxygen atoms in total. The molecule has 1 saturated heterocycles. The molecule has 184 valence electrons. The molecule has 1 aromatic rings. The lowest BCUT2D eigenvalue weighted by Gasteiger charge is -2.41. The van der Waals surface area contributed by atoms with Gasteiger partial charge in [-0.1, -0.05) is 0 Å². The maximum absolute atomic E-state index is 11.9. The van der Waals surface area contributed by atoms with Gasteiger partial charge in [0.1, 0.15) is 36.6 Å². The van der Waals surface area contributed by atoms with Gasteiger partial charge >= 0.3 is 17.6 Å². The van der Waals surface area contributed by atoms with Crippen LogP contribution in [0, 0.1) is 10.1 Å². The number of carbonyl (C=O) groups excluding carboxylic acids is 2. The van der Waals surface area contributed by atoms with Crippen LogP contribution in [0.4, 0.5) is 5.69 Å². The molecule has 0 aliphatic carbocycles. The quantitative estimate of drug-likeness (QED) is 0.260. The second-order valence-electron chi connectivity index (χ2n) is 8.12. The number of hydrogen-bond donors (Lipinski definition) is 3. The molecule has 0 aromatic heterocycles. The van der Waals surface area contributed by atoms with Crippen molar-refractivity contribution in [2.75, 3.05) is 20.3 Å². The van der Waals surface area contributed by atoms with Crippen molar-refractivity contribution >= 4 is 17.6 Å². The third-order valence-corrected chi connectivity index (χ3v) is 4.46. The second kappa shape index (κ2) is 10.9. The highest BCUT2D eigenvalue weighted by molar-refractivity contribution is 5.90. The molecule has 3 N–H and O–H groups in total. The third kappa shape index (κ3) is 6.82. The molecule has 1 fully saturated rings. The van der Waals surface area contributed by atoms with E-state index in [4.69, 9.17) is 18.9 Å². The van der Waals surface area contributed by atoms with Gasteiger partial charge < -0.3 is 39.0 Å². The summed E-state index contributed by atoms with van der Waals surface area (Å²) in [5.74, 6) is -1.94. The van der Waals surface area contributed by atoms with Crippen molar-refractivity contribution in [3.8, 4) is 5.75 Å². The van der Waals surface area contributed by atoms with E-state index in [1.165, 1.54) is 6.07 Å². The van der Waals surface area contributed by atoms with Gasteiger partial charge in [-0.2, -0.15) is 0 Å². The third-order valence-electron chi connectivity index (χ3n) is 4.46. The number of aliphatic hydroxyl groups is 3. The second-order valence-corrected chi connectivity index (χ2v) is 8.12. The highest BCUT2D eigenvalue weighted by atomic mass is 16.7. The molecule has 0 spiro atoms. The summed E-state index contributed by atoms with van der Waals surface area (Å²) in [5.41, 5.74) is -1.52. The van der Waals surface area contributed by atoms with Crippen molar-refractivity contribution in [2.24, 2.45) is 0 Å². The first-order valence-corrected chi connectivity index (χ1v) is 9.87. The Labute approximate surface area is 188 Å². The number of nitrogens with zero attached hydrogens (tertiary/aromatic N) is 1. The number of rotatable bonds is 8. The predicted octanol–water partition coefficient (Wildman–Crippen LogP) is -0.0739. The Morgan fingerprint density at radius 2 is 1.88 bits per heavy atom. The average molecular weight is 473 g/mol. The van der Waals surface area contributed by atoms with E-state index in [-0.39, 0.29) is 11.3 Å². The van der Waals surface area contributed by atoms with Crippen LogP contribution >= 0.6 is 0 Å². The van der Waals surface area contributed by atoms with E-state index in [0.29, 0.717) is 0 Å². The van der Waals surface area contributed by atoms with Crippen LogP contribution in [0.5, 0.6) is 5.75 Å². The molecule has 1 aliphatic heterocycles. The first-order valence-electron chi connectivity index (χ1n) is 9.87. The molecule has 0 bridgehead atoms. The number of benzene rings is 1. The summed E-state index contributed by atoms with van der Waals surface area (Å²) in [6.07, 6.45) is -7.65. The number of hydrogen-bond acceptors (Lipinski definition) is 12. The van der Waals surface area contributed by atoms with Crippen LogP contribution in [-0.2, 0) is 23.7 Å². The summed E-state index contributed by atoms with van der Waals surface area (Å²) in [6.45, 7) is 3.60. The van der Waals surface area contributed by atoms with E-state index in [2.05, 4.69) is 4.74 Å². The number of nitro benzene ring substituents is 1. The van der Waals surface area contributed by atoms with Crippen molar-refractivity contribution in [3.05, 3.63) is 33.9 Å². The van der Waals surface area contributed by atoms with E-state index in [1.807, 2.05) is 0 Å². The smallest absolute Gasteiger partial charge is 0.338 e. The van der Waals surface area contributed by atoms with Crippen LogP contribution in [0.15, 0.2) is 18.2 Å². The minimum Gasteiger partial charge on any atom is -0.465 e. The van der Waals surface area contributed by atoms with Crippen LogP contribution in [0.1, 0.15) is 31.1 Å². The Balaban J connectivity index is 2.23. The first-order chi connectivity index (χ1) is 15.4. The highest BCUT2D eigenvalue weighted by Gasteiger charge is 2.47. The maximum Gasteiger partial charge on any atom is 0.338 e. The molecular weight excluding hydrogens is 446 g/mol. The fraction of sp³-hybridized carbons (Fsp3) is 0.600. The molecule has 1 heterocycles. The topological polar surface area (TPSA) is 184 Å². The normalized spacial score (nSPS) is 25.2. The highest BCUT2D eigenvalue weighted by Crippen LogP contribution is 2.32. The van der Waals surface area contributed by atoms with Gasteiger partial charge in [-0.3, -0.25) is 10.1 Å². The molecule has 0 radical (unpaired) electrons. The van der Waals surface area contributed by atoms with E-state index in [0.717, 1.165) is 19.2 Å². The number of nitro groups is 1. The van der Waals surface area contributed by atoms with Crippen LogP contribution < -0.4 is 4.74 Å².